The summed E-state index contributed by atoms with van der Waals surface area (Å²) in [6.45, 7) is 2.89. The number of aryl methyl sites for hydroxylation is 3. The SMILES string of the molecule is Cc1ccc(CN)c(=O)n1Cc1ccc2c(c1)CCC2. The highest BCUT2D eigenvalue weighted by atomic mass is 16.1. The van der Waals surface area contributed by atoms with Gasteiger partial charge in [0.2, 0.25) is 0 Å². The van der Waals surface area contributed by atoms with Crippen LogP contribution in [0.3, 0.4) is 0 Å². The molecule has 1 aromatic carbocycles. The summed E-state index contributed by atoms with van der Waals surface area (Å²) >= 11 is 0. The minimum atomic E-state index is 0.0352. The van der Waals surface area contributed by atoms with E-state index < -0.39 is 0 Å². The van der Waals surface area contributed by atoms with Crippen molar-refractivity contribution >= 4 is 0 Å². The van der Waals surface area contributed by atoms with E-state index in [-0.39, 0.29) is 5.56 Å². The van der Waals surface area contributed by atoms with Crippen LogP contribution in [0.4, 0.5) is 0 Å². The lowest BCUT2D eigenvalue weighted by atomic mass is 10.1. The molecule has 3 nitrogen and oxygen atoms in total. The molecule has 0 spiro atoms. The fourth-order valence-electron chi connectivity index (χ4n) is 2.97. The molecule has 2 N–H and O–H groups in total. The summed E-state index contributed by atoms with van der Waals surface area (Å²) < 4.78 is 1.82. The van der Waals surface area contributed by atoms with Gasteiger partial charge in [0.05, 0.1) is 6.54 Å². The Bertz CT molecular complexity index is 701. The van der Waals surface area contributed by atoms with E-state index in [0.29, 0.717) is 18.7 Å². The first-order valence-electron chi connectivity index (χ1n) is 7.19. The number of aromatic nitrogens is 1. The van der Waals surface area contributed by atoms with Gasteiger partial charge < -0.3 is 10.3 Å². The molecule has 0 bridgehead atoms. The van der Waals surface area contributed by atoms with E-state index in [1.165, 1.54) is 36.0 Å². The number of rotatable bonds is 3. The van der Waals surface area contributed by atoms with E-state index in [9.17, 15) is 4.79 Å². The lowest BCUT2D eigenvalue weighted by Gasteiger charge is -2.12. The van der Waals surface area contributed by atoms with Crippen molar-refractivity contribution in [3.05, 3.63) is 68.6 Å². The van der Waals surface area contributed by atoms with Crippen molar-refractivity contribution in [2.45, 2.75) is 39.3 Å². The molecule has 0 fully saturated rings. The van der Waals surface area contributed by atoms with Gasteiger partial charge >= 0.3 is 0 Å². The van der Waals surface area contributed by atoms with Crippen LogP contribution in [0.5, 0.6) is 0 Å². The van der Waals surface area contributed by atoms with Crippen molar-refractivity contribution in [2.75, 3.05) is 0 Å². The summed E-state index contributed by atoms with van der Waals surface area (Å²) in [5.41, 5.74) is 11.4. The summed E-state index contributed by atoms with van der Waals surface area (Å²) in [6.07, 6.45) is 3.61. The van der Waals surface area contributed by atoms with Crippen LogP contribution >= 0.6 is 0 Å². The quantitative estimate of drug-likeness (QED) is 0.927. The molecule has 0 aliphatic heterocycles. The second kappa shape index (κ2) is 5.25. The van der Waals surface area contributed by atoms with Crippen molar-refractivity contribution in [3.63, 3.8) is 0 Å². The van der Waals surface area contributed by atoms with Crippen LogP contribution in [0.25, 0.3) is 0 Å². The van der Waals surface area contributed by atoms with Crippen LogP contribution in [0.15, 0.2) is 35.1 Å². The maximum absolute atomic E-state index is 12.3. The first-order valence-corrected chi connectivity index (χ1v) is 7.19. The van der Waals surface area contributed by atoms with Gasteiger partial charge in [-0.3, -0.25) is 4.79 Å². The van der Waals surface area contributed by atoms with E-state index in [1.54, 1.807) is 0 Å². The van der Waals surface area contributed by atoms with Crippen LogP contribution in [0.1, 0.15) is 34.4 Å². The van der Waals surface area contributed by atoms with Gasteiger partial charge in [0.15, 0.2) is 0 Å². The number of pyridine rings is 1. The number of nitrogens with two attached hydrogens (primary N) is 1. The smallest absolute Gasteiger partial charge is 0.255 e. The molecule has 1 aliphatic rings. The Morgan fingerprint density at radius 3 is 2.75 bits per heavy atom. The van der Waals surface area contributed by atoms with Gasteiger partial charge in [-0.25, -0.2) is 0 Å². The van der Waals surface area contributed by atoms with Gasteiger partial charge in [-0.15, -0.1) is 0 Å². The molecule has 3 heteroatoms. The van der Waals surface area contributed by atoms with Crippen LogP contribution in [0.2, 0.25) is 0 Å². The van der Waals surface area contributed by atoms with E-state index in [1.807, 2.05) is 23.6 Å². The third-order valence-corrected chi connectivity index (χ3v) is 4.19. The molecular weight excluding hydrogens is 248 g/mol. The van der Waals surface area contributed by atoms with Crippen LogP contribution in [0, 0.1) is 6.92 Å². The Morgan fingerprint density at radius 2 is 1.95 bits per heavy atom. The van der Waals surface area contributed by atoms with Crippen molar-refractivity contribution in [2.24, 2.45) is 5.73 Å². The van der Waals surface area contributed by atoms with Gasteiger partial charge in [0.25, 0.3) is 5.56 Å². The Morgan fingerprint density at radius 1 is 1.15 bits per heavy atom. The number of fused-ring (bicyclic) bond motifs is 1. The maximum Gasteiger partial charge on any atom is 0.255 e. The molecule has 1 heterocycles. The average Bonchev–Trinajstić information content (AvgIpc) is 2.91. The van der Waals surface area contributed by atoms with Gasteiger partial charge in [0.1, 0.15) is 0 Å². The molecule has 104 valence electrons. The largest absolute Gasteiger partial charge is 0.326 e. The molecule has 0 amide bonds. The van der Waals surface area contributed by atoms with E-state index in [0.717, 1.165) is 5.69 Å². The minimum absolute atomic E-state index is 0.0352. The predicted molar refractivity (Wildman–Crippen MR) is 80.9 cm³/mol. The van der Waals surface area contributed by atoms with Gasteiger partial charge in [-0.1, -0.05) is 24.3 Å². The minimum Gasteiger partial charge on any atom is -0.326 e. The average molecular weight is 268 g/mol. The summed E-state index contributed by atoms with van der Waals surface area (Å²) in [6, 6.07) is 10.4. The Balaban J connectivity index is 1.97. The van der Waals surface area contributed by atoms with E-state index in [2.05, 4.69) is 18.2 Å². The normalized spacial score (nSPS) is 13.5. The molecule has 0 atom stereocenters. The maximum atomic E-state index is 12.3. The molecule has 0 saturated carbocycles. The fraction of sp³-hybridized carbons (Fsp3) is 0.353. The lowest BCUT2D eigenvalue weighted by Crippen LogP contribution is -2.27. The standard InChI is InChI=1S/C17H20N2O/c1-12-5-7-16(10-18)17(20)19(12)11-13-6-8-14-3-2-4-15(14)9-13/h5-9H,2-4,10-11,18H2,1H3. The molecule has 1 aromatic heterocycles. The summed E-state index contributed by atoms with van der Waals surface area (Å²) in [5.74, 6) is 0. The fourth-order valence-corrected chi connectivity index (χ4v) is 2.97. The number of benzene rings is 1. The molecule has 2 aromatic rings. The van der Waals surface area contributed by atoms with Gasteiger partial charge in [-0.05, 0) is 48.9 Å². The Labute approximate surface area is 119 Å². The Kier molecular flexibility index (Phi) is 3.45. The molecule has 0 radical (unpaired) electrons. The summed E-state index contributed by atoms with van der Waals surface area (Å²) in [5, 5.41) is 0. The van der Waals surface area contributed by atoms with Crippen LogP contribution in [-0.4, -0.2) is 4.57 Å². The highest BCUT2D eigenvalue weighted by Crippen LogP contribution is 2.23. The van der Waals surface area contributed by atoms with Crippen LogP contribution < -0.4 is 11.3 Å². The van der Waals surface area contributed by atoms with E-state index in [4.69, 9.17) is 5.73 Å². The lowest BCUT2D eigenvalue weighted by molar-refractivity contribution is 0.715. The van der Waals surface area contributed by atoms with Gasteiger partial charge in [-0.2, -0.15) is 0 Å². The molecule has 1 aliphatic carbocycles. The molecule has 0 saturated heterocycles. The first kappa shape index (κ1) is 13.1. The van der Waals surface area contributed by atoms with Crippen molar-refractivity contribution in [1.29, 1.82) is 0 Å². The van der Waals surface area contributed by atoms with Crippen molar-refractivity contribution < 1.29 is 0 Å². The van der Waals surface area contributed by atoms with Crippen molar-refractivity contribution in [3.8, 4) is 0 Å². The topological polar surface area (TPSA) is 48.0 Å². The third kappa shape index (κ3) is 2.29. The number of nitrogens with zero attached hydrogens (tertiary/aromatic N) is 1. The van der Waals surface area contributed by atoms with Crippen molar-refractivity contribution in [1.82, 2.24) is 4.57 Å². The number of hydrogen-bond donors (Lipinski definition) is 1. The van der Waals surface area contributed by atoms with Crippen LogP contribution in [-0.2, 0) is 25.9 Å². The summed E-state index contributed by atoms with van der Waals surface area (Å²) in [4.78, 5) is 12.3. The molecule has 3 rings (SSSR count). The van der Waals surface area contributed by atoms with E-state index >= 15 is 0 Å². The molecule has 20 heavy (non-hydrogen) atoms. The number of hydrogen-bond acceptors (Lipinski definition) is 2. The monoisotopic (exact) mass is 268 g/mol. The second-order valence-electron chi connectivity index (χ2n) is 5.55. The molecule has 0 unspecified atom stereocenters. The second-order valence-corrected chi connectivity index (χ2v) is 5.55. The highest BCUT2D eigenvalue weighted by molar-refractivity contribution is 5.35. The molecular formula is C17H20N2O. The summed E-state index contributed by atoms with van der Waals surface area (Å²) in [7, 11) is 0. The predicted octanol–water partition coefficient (Wildman–Crippen LogP) is 2.15. The Hall–Kier alpha value is -1.87. The zero-order chi connectivity index (χ0) is 14.1. The zero-order valence-corrected chi connectivity index (χ0v) is 11.9. The highest BCUT2D eigenvalue weighted by Gasteiger charge is 2.12. The van der Waals surface area contributed by atoms with Gasteiger partial charge in [0, 0.05) is 17.8 Å². The zero-order valence-electron chi connectivity index (χ0n) is 11.9. The first-order chi connectivity index (χ1) is 9.69. The third-order valence-electron chi connectivity index (χ3n) is 4.19.